The van der Waals surface area contributed by atoms with Gasteiger partial charge >= 0.3 is 5.97 Å². The van der Waals surface area contributed by atoms with Gasteiger partial charge in [0, 0.05) is 17.5 Å². The van der Waals surface area contributed by atoms with Gasteiger partial charge in [-0.2, -0.15) is 5.10 Å². The molecule has 144 valence electrons. The average molecular weight is 382 g/mol. The maximum absolute atomic E-state index is 13.0. The van der Waals surface area contributed by atoms with Crippen molar-refractivity contribution in [2.75, 3.05) is 6.61 Å². The number of aromatic nitrogens is 2. The Hall–Kier alpha value is -3.35. The molecule has 7 heteroatoms. The summed E-state index contributed by atoms with van der Waals surface area (Å²) in [4.78, 5) is 37.3. The molecule has 0 unspecified atom stereocenters. The van der Waals surface area contributed by atoms with Crippen LogP contribution in [0.4, 0.5) is 4.39 Å². The van der Waals surface area contributed by atoms with Gasteiger partial charge in [-0.15, -0.1) is 0 Å². The molecule has 0 aliphatic carbocycles. The van der Waals surface area contributed by atoms with E-state index in [1.807, 2.05) is 13.8 Å². The number of nitrogens with zero attached hydrogens (tertiary/aromatic N) is 2. The molecule has 1 heterocycles. The third kappa shape index (κ3) is 4.14. The zero-order valence-corrected chi connectivity index (χ0v) is 15.5. The molecular weight excluding hydrogens is 363 g/mol. The number of carbonyl (C=O) groups excluding carboxylic acids is 2. The quantitative estimate of drug-likeness (QED) is 0.483. The Labute approximate surface area is 160 Å². The molecular formula is C21H19FN2O4. The Morgan fingerprint density at radius 2 is 1.71 bits per heavy atom. The fourth-order valence-corrected chi connectivity index (χ4v) is 2.77. The Bertz CT molecular complexity index is 1090. The average Bonchev–Trinajstić information content (AvgIpc) is 2.68. The van der Waals surface area contributed by atoms with Gasteiger partial charge in [0.15, 0.2) is 18.1 Å². The lowest BCUT2D eigenvalue weighted by atomic mass is 10.1. The van der Waals surface area contributed by atoms with Gasteiger partial charge in [-0.3, -0.25) is 9.59 Å². The molecule has 3 aromatic rings. The number of carbonyl (C=O) groups is 2. The maximum atomic E-state index is 13.0. The van der Waals surface area contributed by atoms with E-state index in [9.17, 15) is 18.8 Å². The predicted octanol–water partition coefficient (Wildman–Crippen LogP) is 3.23. The van der Waals surface area contributed by atoms with Gasteiger partial charge in [0.05, 0.1) is 5.39 Å². The highest BCUT2D eigenvalue weighted by Crippen LogP contribution is 2.15. The molecule has 0 aliphatic heterocycles. The molecule has 0 radical (unpaired) electrons. The molecule has 0 atom stereocenters. The monoisotopic (exact) mass is 382 g/mol. The smallest absolute Gasteiger partial charge is 0.359 e. The molecule has 0 fully saturated rings. The van der Waals surface area contributed by atoms with Crippen molar-refractivity contribution in [1.29, 1.82) is 0 Å². The number of ether oxygens (including phenoxy) is 1. The number of fused-ring (bicyclic) bond motifs is 1. The van der Waals surface area contributed by atoms with Crippen LogP contribution in [0.1, 0.15) is 34.7 Å². The molecule has 28 heavy (non-hydrogen) atoms. The lowest BCUT2D eigenvalue weighted by Crippen LogP contribution is -2.28. The lowest BCUT2D eigenvalue weighted by Gasteiger charge is -2.12. The summed E-state index contributed by atoms with van der Waals surface area (Å²) in [7, 11) is 0. The summed E-state index contributed by atoms with van der Waals surface area (Å²) in [5.41, 5.74) is -0.0808. The van der Waals surface area contributed by atoms with Crippen molar-refractivity contribution >= 4 is 22.5 Å². The van der Waals surface area contributed by atoms with Crippen LogP contribution in [0.2, 0.25) is 0 Å². The maximum Gasteiger partial charge on any atom is 0.359 e. The first-order valence-corrected chi connectivity index (χ1v) is 8.82. The standard InChI is InChI=1S/C21H19FN2O4/c1-13(2)11-24-20(26)17-6-4-3-5-16(17)19(23-24)21(27)28-12-18(25)14-7-9-15(22)10-8-14/h3-10,13H,11-12H2,1-2H3. The van der Waals surface area contributed by atoms with Crippen LogP contribution in [0.3, 0.4) is 0 Å². The SMILES string of the molecule is CC(C)Cn1nc(C(=O)OCC(=O)c2ccc(F)cc2)c2ccccc2c1=O. The van der Waals surface area contributed by atoms with Crippen molar-refractivity contribution in [3.8, 4) is 0 Å². The van der Waals surface area contributed by atoms with E-state index in [-0.39, 0.29) is 22.7 Å². The second-order valence-electron chi connectivity index (χ2n) is 6.78. The van der Waals surface area contributed by atoms with Gasteiger partial charge in [-0.05, 0) is 36.2 Å². The number of rotatable bonds is 6. The van der Waals surface area contributed by atoms with Gasteiger partial charge < -0.3 is 4.74 Å². The molecule has 0 saturated carbocycles. The zero-order valence-electron chi connectivity index (χ0n) is 15.5. The predicted molar refractivity (Wildman–Crippen MR) is 102 cm³/mol. The van der Waals surface area contributed by atoms with Crippen LogP contribution in [0.15, 0.2) is 53.3 Å². The van der Waals surface area contributed by atoms with E-state index in [0.717, 1.165) is 12.1 Å². The zero-order chi connectivity index (χ0) is 20.3. The fourth-order valence-electron chi connectivity index (χ4n) is 2.77. The fraction of sp³-hybridized carbons (Fsp3) is 0.238. The largest absolute Gasteiger partial charge is 0.452 e. The minimum Gasteiger partial charge on any atom is -0.452 e. The van der Waals surface area contributed by atoms with Crippen molar-refractivity contribution < 1.29 is 18.7 Å². The molecule has 0 bridgehead atoms. The summed E-state index contributed by atoms with van der Waals surface area (Å²) in [5, 5.41) is 4.90. The van der Waals surface area contributed by atoms with Crippen molar-refractivity contribution in [3.05, 3.63) is 76.0 Å². The lowest BCUT2D eigenvalue weighted by molar-refractivity contribution is 0.0468. The van der Waals surface area contributed by atoms with Crippen LogP contribution in [0.25, 0.3) is 10.8 Å². The Morgan fingerprint density at radius 1 is 1.07 bits per heavy atom. The highest BCUT2D eigenvalue weighted by atomic mass is 19.1. The number of ketones is 1. The van der Waals surface area contributed by atoms with E-state index in [4.69, 9.17) is 4.74 Å². The van der Waals surface area contributed by atoms with E-state index in [1.165, 1.54) is 16.8 Å². The Kier molecular flexibility index (Phi) is 5.63. The van der Waals surface area contributed by atoms with E-state index in [1.54, 1.807) is 24.3 Å². The number of esters is 1. The van der Waals surface area contributed by atoms with E-state index in [0.29, 0.717) is 17.3 Å². The summed E-state index contributed by atoms with van der Waals surface area (Å²) in [6, 6.07) is 11.6. The molecule has 0 saturated heterocycles. The summed E-state index contributed by atoms with van der Waals surface area (Å²) < 4.78 is 19.3. The van der Waals surface area contributed by atoms with Crippen LogP contribution in [0, 0.1) is 11.7 Å². The third-order valence-corrected chi connectivity index (χ3v) is 4.10. The number of hydrogen-bond donors (Lipinski definition) is 0. The van der Waals surface area contributed by atoms with Crippen LogP contribution in [-0.2, 0) is 11.3 Å². The second-order valence-corrected chi connectivity index (χ2v) is 6.78. The second kappa shape index (κ2) is 8.12. The summed E-state index contributed by atoms with van der Waals surface area (Å²) in [6.07, 6.45) is 0. The molecule has 0 amide bonds. The molecule has 2 aromatic carbocycles. The molecule has 1 aromatic heterocycles. The first kappa shape index (κ1) is 19.4. The third-order valence-electron chi connectivity index (χ3n) is 4.10. The number of halogens is 1. The Balaban J connectivity index is 1.88. The highest BCUT2D eigenvalue weighted by Gasteiger charge is 2.19. The summed E-state index contributed by atoms with van der Waals surface area (Å²) >= 11 is 0. The van der Waals surface area contributed by atoms with E-state index < -0.39 is 24.2 Å². The van der Waals surface area contributed by atoms with E-state index >= 15 is 0 Å². The molecule has 0 N–H and O–H groups in total. The normalized spacial score (nSPS) is 11.0. The van der Waals surface area contributed by atoms with Gasteiger partial charge in [-0.25, -0.2) is 13.9 Å². The van der Waals surface area contributed by atoms with Crippen molar-refractivity contribution in [2.45, 2.75) is 20.4 Å². The molecule has 3 rings (SSSR count). The summed E-state index contributed by atoms with van der Waals surface area (Å²) in [5.74, 6) is -1.58. The van der Waals surface area contributed by atoms with E-state index in [2.05, 4.69) is 5.10 Å². The molecule has 6 nitrogen and oxygen atoms in total. The van der Waals surface area contributed by atoms with Gasteiger partial charge in [-0.1, -0.05) is 32.0 Å². The minimum atomic E-state index is -0.802. The highest BCUT2D eigenvalue weighted by molar-refractivity contribution is 6.04. The first-order chi connectivity index (χ1) is 13.4. The van der Waals surface area contributed by atoms with Gasteiger partial charge in [0.2, 0.25) is 0 Å². The van der Waals surface area contributed by atoms with Crippen LogP contribution in [0.5, 0.6) is 0 Å². The van der Waals surface area contributed by atoms with Crippen molar-refractivity contribution in [2.24, 2.45) is 5.92 Å². The number of Topliss-reactive ketones (excluding diaryl/α,β-unsaturated/α-hetero) is 1. The first-order valence-electron chi connectivity index (χ1n) is 8.82. The van der Waals surface area contributed by atoms with Crippen LogP contribution < -0.4 is 5.56 Å². The molecule has 0 aliphatic rings. The van der Waals surface area contributed by atoms with Crippen molar-refractivity contribution in [1.82, 2.24) is 9.78 Å². The van der Waals surface area contributed by atoms with Crippen LogP contribution >= 0.6 is 0 Å². The summed E-state index contributed by atoms with van der Waals surface area (Å²) in [6.45, 7) is 3.70. The van der Waals surface area contributed by atoms with Crippen LogP contribution in [-0.4, -0.2) is 28.1 Å². The number of benzene rings is 2. The number of hydrogen-bond acceptors (Lipinski definition) is 5. The molecule has 0 spiro atoms. The minimum absolute atomic E-state index is 0.0252. The topological polar surface area (TPSA) is 78.3 Å². The van der Waals surface area contributed by atoms with Gasteiger partial charge in [0.25, 0.3) is 5.56 Å². The van der Waals surface area contributed by atoms with Gasteiger partial charge in [0.1, 0.15) is 5.82 Å². The van der Waals surface area contributed by atoms with Crippen molar-refractivity contribution in [3.63, 3.8) is 0 Å². The Morgan fingerprint density at radius 3 is 2.36 bits per heavy atom.